The highest BCUT2D eigenvalue weighted by atomic mass is 16.6. The van der Waals surface area contributed by atoms with Crippen LogP contribution in [-0.4, -0.2) is 31.3 Å². The molecule has 0 fully saturated rings. The lowest BCUT2D eigenvalue weighted by Gasteiger charge is -2.18. The summed E-state index contributed by atoms with van der Waals surface area (Å²) < 4.78 is 21.3. The van der Waals surface area contributed by atoms with Crippen LogP contribution in [-0.2, 0) is 16.0 Å². The van der Waals surface area contributed by atoms with Gasteiger partial charge in [0.05, 0.1) is 12.7 Å². The van der Waals surface area contributed by atoms with Gasteiger partial charge in [-0.3, -0.25) is 0 Å². The highest BCUT2D eigenvalue weighted by Crippen LogP contribution is 2.41. The molecule has 0 amide bonds. The van der Waals surface area contributed by atoms with Crippen LogP contribution in [0.4, 0.5) is 0 Å². The molecule has 0 aliphatic carbocycles. The zero-order valence-electron chi connectivity index (χ0n) is 14.9. The minimum atomic E-state index is -0.550. The monoisotopic (exact) mass is 356 g/mol. The van der Waals surface area contributed by atoms with Crippen molar-refractivity contribution in [3.8, 4) is 17.2 Å². The molecule has 0 unspecified atom stereocenters. The summed E-state index contributed by atoms with van der Waals surface area (Å²) in [4.78, 5) is 23.4. The Hall–Kier alpha value is -3.02. The smallest absolute Gasteiger partial charge is 0.349 e. The molecule has 2 aromatic rings. The fraction of sp³-hybridized carbons (Fsp3) is 0.300. The Morgan fingerprint density at radius 3 is 2.54 bits per heavy atom. The van der Waals surface area contributed by atoms with E-state index >= 15 is 0 Å². The third-order valence-corrected chi connectivity index (χ3v) is 3.91. The van der Waals surface area contributed by atoms with Crippen LogP contribution in [0.3, 0.4) is 0 Å². The van der Waals surface area contributed by atoms with E-state index in [1.165, 1.54) is 31.4 Å². The number of para-hydroxylation sites is 1. The minimum absolute atomic E-state index is 0.251. The van der Waals surface area contributed by atoms with E-state index < -0.39 is 11.9 Å². The number of hydrogen-bond donors (Lipinski definition) is 0. The Morgan fingerprint density at radius 1 is 1.12 bits per heavy atom. The maximum Gasteiger partial charge on any atom is 0.349 e. The molecule has 1 heterocycles. The number of carbonyl (C=O) groups excluding carboxylic acids is 2. The van der Waals surface area contributed by atoms with Crippen molar-refractivity contribution in [2.24, 2.45) is 0 Å². The second kappa shape index (κ2) is 7.07. The largest absolute Gasteiger partial charge is 0.483 e. The molecule has 6 nitrogen and oxygen atoms in total. The standard InChI is InChI=1S/C20H20O6/c1-20(2)11-14-5-4-6-16(18(14)26-20)24-12-17(21)25-15-9-7-13(8-10-15)19(22)23-3/h4-10H,11-12H2,1-3H3. The molecule has 0 N–H and O–H groups in total. The Labute approximate surface area is 151 Å². The first-order valence-corrected chi connectivity index (χ1v) is 8.21. The number of benzene rings is 2. The Morgan fingerprint density at radius 2 is 1.85 bits per heavy atom. The van der Waals surface area contributed by atoms with Crippen LogP contribution in [0.15, 0.2) is 42.5 Å². The molecular weight excluding hydrogens is 336 g/mol. The second-order valence-corrected chi connectivity index (χ2v) is 6.56. The fourth-order valence-corrected chi connectivity index (χ4v) is 2.78. The van der Waals surface area contributed by atoms with E-state index in [1.807, 2.05) is 26.0 Å². The number of rotatable bonds is 5. The number of methoxy groups -OCH3 is 1. The molecule has 0 atom stereocenters. The molecule has 1 aliphatic heterocycles. The highest BCUT2D eigenvalue weighted by molar-refractivity contribution is 5.89. The van der Waals surface area contributed by atoms with Gasteiger partial charge in [0, 0.05) is 12.0 Å². The average molecular weight is 356 g/mol. The van der Waals surface area contributed by atoms with Crippen LogP contribution >= 0.6 is 0 Å². The predicted molar refractivity (Wildman–Crippen MR) is 93.8 cm³/mol. The number of hydrogen-bond acceptors (Lipinski definition) is 6. The van der Waals surface area contributed by atoms with E-state index in [1.54, 1.807) is 6.07 Å². The molecular formula is C20H20O6. The predicted octanol–water partition coefficient (Wildman–Crippen LogP) is 3.17. The first-order valence-electron chi connectivity index (χ1n) is 8.21. The molecule has 0 aromatic heterocycles. The molecule has 0 saturated carbocycles. The molecule has 0 bridgehead atoms. The molecule has 3 rings (SSSR count). The Kier molecular flexibility index (Phi) is 4.84. The highest BCUT2D eigenvalue weighted by Gasteiger charge is 2.32. The molecule has 136 valence electrons. The first-order chi connectivity index (χ1) is 12.4. The van der Waals surface area contributed by atoms with Gasteiger partial charge in [0.15, 0.2) is 18.1 Å². The third-order valence-electron chi connectivity index (χ3n) is 3.91. The van der Waals surface area contributed by atoms with Gasteiger partial charge in [-0.05, 0) is 44.2 Å². The number of fused-ring (bicyclic) bond motifs is 1. The van der Waals surface area contributed by atoms with Gasteiger partial charge in [-0.1, -0.05) is 12.1 Å². The zero-order valence-corrected chi connectivity index (χ0v) is 14.9. The average Bonchev–Trinajstić information content (AvgIpc) is 2.94. The molecule has 26 heavy (non-hydrogen) atoms. The summed E-state index contributed by atoms with van der Waals surface area (Å²) in [6, 6.07) is 11.7. The van der Waals surface area contributed by atoms with E-state index in [0.717, 1.165) is 12.0 Å². The van der Waals surface area contributed by atoms with Crippen LogP contribution in [0.2, 0.25) is 0 Å². The SMILES string of the molecule is COC(=O)c1ccc(OC(=O)COc2cccc3c2OC(C)(C)C3)cc1. The lowest BCUT2D eigenvalue weighted by atomic mass is 10.0. The van der Waals surface area contributed by atoms with Crippen LogP contribution in [0, 0.1) is 0 Å². The van der Waals surface area contributed by atoms with Crippen molar-refractivity contribution < 1.29 is 28.5 Å². The first kappa shape index (κ1) is 17.8. The van der Waals surface area contributed by atoms with Crippen LogP contribution < -0.4 is 14.2 Å². The molecule has 0 saturated heterocycles. The summed E-state index contributed by atoms with van der Waals surface area (Å²) in [6.07, 6.45) is 0.788. The van der Waals surface area contributed by atoms with Crippen molar-refractivity contribution in [3.05, 3.63) is 53.6 Å². The topological polar surface area (TPSA) is 71.1 Å². The summed E-state index contributed by atoms with van der Waals surface area (Å²) in [5, 5.41) is 0. The summed E-state index contributed by atoms with van der Waals surface area (Å²) in [7, 11) is 1.30. The molecule has 1 aliphatic rings. The van der Waals surface area contributed by atoms with Crippen molar-refractivity contribution in [1.82, 2.24) is 0 Å². The maximum absolute atomic E-state index is 12.0. The van der Waals surface area contributed by atoms with E-state index in [9.17, 15) is 9.59 Å². The van der Waals surface area contributed by atoms with E-state index in [0.29, 0.717) is 22.8 Å². The van der Waals surface area contributed by atoms with Gasteiger partial charge in [0.1, 0.15) is 11.4 Å². The van der Waals surface area contributed by atoms with Crippen molar-refractivity contribution in [2.75, 3.05) is 13.7 Å². The Balaban J connectivity index is 1.59. The van der Waals surface area contributed by atoms with Gasteiger partial charge in [-0.25, -0.2) is 9.59 Å². The normalized spacial score (nSPS) is 14.1. The fourth-order valence-electron chi connectivity index (χ4n) is 2.78. The van der Waals surface area contributed by atoms with Crippen molar-refractivity contribution in [1.29, 1.82) is 0 Å². The van der Waals surface area contributed by atoms with Gasteiger partial charge in [-0.15, -0.1) is 0 Å². The maximum atomic E-state index is 12.0. The molecule has 0 spiro atoms. The minimum Gasteiger partial charge on any atom is -0.483 e. The van der Waals surface area contributed by atoms with Crippen LogP contribution in [0.5, 0.6) is 17.2 Å². The van der Waals surface area contributed by atoms with Crippen molar-refractivity contribution in [2.45, 2.75) is 25.9 Å². The Bertz CT molecular complexity index is 823. The van der Waals surface area contributed by atoms with Gasteiger partial charge in [0.25, 0.3) is 0 Å². The lowest BCUT2D eigenvalue weighted by molar-refractivity contribution is -0.136. The summed E-state index contributed by atoms with van der Waals surface area (Å²) >= 11 is 0. The second-order valence-electron chi connectivity index (χ2n) is 6.56. The van der Waals surface area contributed by atoms with E-state index in [4.69, 9.17) is 14.2 Å². The van der Waals surface area contributed by atoms with Crippen molar-refractivity contribution in [3.63, 3.8) is 0 Å². The van der Waals surface area contributed by atoms with Gasteiger partial charge < -0.3 is 18.9 Å². The number of esters is 2. The van der Waals surface area contributed by atoms with E-state index in [-0.39, 0.29) is 12.2 Å². The zero-order chi connectivity index (χ0) is 18.7. The number of ether oxygens (including phenoxy) is 4. The van der Waals surface area contributed by atoms with Gasteiger partial charge in [0.2, 0.25) is 0 Å². The number of carbonyl (C=O) groups is 2. The molecule has 6 heteroatoms. The van der Waals surface area contributed by atoms with Crippen LogP contribution in [0.25, 0.3) is 0 Å². The van der Waals surface area contributed by atoms with Crippen LogP contribution in [0.1, 0.15) is 29.8 Å². The van der Waals surface area contributed by atoms with E-state index in [2.05, 4.69) is 4.74 Å². The molecule has 0 radical (unpaired) electrons. The van der Waals surface area contributed by atoms with Crippen molar-refractivity contribution >= 4 is 11.9 Å². The summed E-state index contributed by atoms with van der Waals surface area (Å²) in [5.74, 6) is 0.512. The lowest BCUT2D eigenvalue weighted by Crippen LogP contribution is -2.25. The van der Waals surface area contributed by atoms with Gasteiger partial charge in [-0.2, -0.15) is 0 Å². The third kappa shape index (κ3) is 3.96. The van der Waals surface area contributed by atoms with Gasteiger partial charge >= 0.3 is 11.9 Å². The summed E-state index contributed by atoms with van der Waals surface area (Å²) in [6.45, 7) is 3.76. The summed E-state index contributed by atoms with van der Waals surface area (Å²) in [5.41, 5.74) is 1.14. The quantitative estimate of drug-likeness (QED) is 0.605. The molecule has 2 aromatic carbocycles.